The van der Waals surface area contributed by atoms with E-state index in [0.717, 1.165) is 37.6 Å². The van der Waals surface area contributed by atoms with Crippen molar-refractivity contribution in [3.8, 4) is 11.5 Å². The number of hydrogen-bond acceptors (Lipinski definition) is 6. The molecule has 214 valence electrons. The van der Waals surface area contributed by atoms with Crippen molar-refractivity contribution in [2.45, 2.75) is 38.0 Å². The lowest BCUT2D eigenvalue weighted by atomic mass is 10.0. The Labute approximate surface area is 233 Å². The van der Waals surface area contributed by atoms with Gasteiger partial charge in [0.2, 0.25) is 0 Å². The largest absolute Gasteiger partial charge is 0.508 e. The first-order valence-corrected chi connectivity index (χ1v) is 13.5. The summed E-state index contributed by atoms with van der Waals surface area (Å²) in [6.07, 6.45) is 1.77. The predicted octanol–water partition coefficient (Wildman–Crippen LogP) is 4.03. The van der Waals surface area contributed by atoms with E-state index in [9.17, 15) is 23.8 Å². The number of halogens is 2. The first-order chi connectivity index (χ1) is 19.4. The number of carbonyl (C=O) groups is 1. The van der Waals surface area contributed by atoms with Gasteiger partial charge in [-0.25, -0.2) is 13.6 Å². The number of aliphatic hydroxyl groups excluding tert-OH is 1. The van der Waals surface area contributed by atoms with Crippen LogP contribution >= 0.6 is 0 Å². The van der Waals surface area contributed by atoms with Crippen molar-refractivity contribution in [3.05, 3.63) is 89.5 Å². The monoisotopic (exact) mass is 554 g/mol. The molecule has 0 bridgehead atoms. The van der Waals surface area contributed by atoms with E-state index < -0.39 is 17.7 Å². The van der Waals surface area contributed by atoms with Crippen LogP contribution in [0.25, 0.3) is 0 Å². The van der Waals surface area contributed by atoms with Gasteiger partial charge in [-0.15, -0.1) is 0 Å². The summed E-state index contributed by atoms with van der Waals surface area (Å²) in [5.41, 5.74) is 2.45. The number of urea groups is 1. The van der Waals surface area contributed by atoms with Crippen molar-refractivity contribution in [1.29, 1.82) is 0 Å². The average Bonchev–Trinajstić information content (AvgIpc) is 2.95. The molecule has 1 saturated heterocycles. The van der Waals surface area contributed by atoms with E-state index in [0.29, 0.717) is 25.4 Å². The van der Waals surface area contributed by atoms with Crippen LogP contribution < -0.4 is 20.7 Å². The van der Waals surface area contributed by atoms with Crippen LogP contribution in [0.1, 0.15) is 24.0 Å². The molecule has 1 atom stereocenters. The molecule has 5 N–H and O–H groups in total. The highest BCUT2D eigenvalue weighted by atomic mass is 19.1. The average molecular weight is 555 g/mol. The molecule has 3 aromatic rings. The van der Waals surface area contributed by atoms with Crippen LogP contribution in [0.15, 0.2) is 66.7 Å². The van der Waals surface area contributed by atoms with Crippen LogP contribution in [0.3, 0.4) is 0 Å². The zero-order valence-electron chi connectivity index (χ0n) is 22.3. The SMILES string of the molecule is O=C(NCc1ccc(F)cc1F)N1CCC(Nc2ccc(CCNC[C@H](O)COc3ccc(O)cc3)cc2)CC1. The maximum atomic E-state index is 13.8. The molecule has 1 fully saturated rings. The van der Waals surface area contributed by atoms with Gasteiger partial charge in [0, 0.05) is 49.5 Å². The van der Waals surface area contributed by atoms with E-state index in [1.54, 1.807) is 17.0 Å². The van der Waals surface area contributed by atoms with E-state index in [1.165, 1.54) is 29.8 Å². The van der Waals surface area contributed by atoms with E-state index in [-0.39, 0.29) is 36.5 Å². The number of likely N-dealkylation sites (tertiary alicyclic amines) is 1. The standard InChI is InChI=1S/C30H36F2N4O4/c31-23-4-3-22(29(32)17-23)18-34-30(39)36-15-12-25(13-16-36)35-24-5-1-21(2-6-24)11-14-33-19-27(38)20-40-28-9-7-26(37)8-10-28/h1-10,17,25,27,33,35,37-38H,11-16,18-20H2,(H,34,39)/t27-/m0/s1. The number of phenolic OH excluding ortho intramolecular Hbond substituents is 1. The van der Waals surface area contributed by atoms with E-state index in [1.807, 2.05) is 12.1 Å². The van der Waals surface area contributed by atoms with Gasteiger partial charge in [-0.1, -0.05) is 18.2 Å². The summed E-state index contributed by atoms with van der Waals surface area (Å²) >= 11 is 0. The molecule has 0 spiro atoms. The van der Waals surface area contributed by atoms with Crippen LogP contribution in [0.4, 0.5) is 19.3 Å². The number of hydrogen-bond donors (Lipinski definition) is 5. The number of ether oxygens (including phenoxy) is 1. The fourth-order valence-corrected chi connectivity index (χ4v) is 4.47. The fraction of sp³-hybridized carbons (Fsp3) is 0.367. The summed E-state index contributed by atoms with van der Waals surface area (Å²) in [6, 6.07) is 17.9. The number of nitrogens with one attached hydrogen (secondary N) is 3. The second-order valence-corrected chi connectivity index (χ2v) is 9.91. The van der Waals surface area contributed by atoms with Gasteiger partial charge in [0.1, 0.15) is 35.8 Å². The van der Waals surface area contributed by atoms with E-state index in [4.69, 9.17) is 4.74 Å². The third-order valence-corrected chi connectivity index (χ3v) is 6.80. The molecule has 0 radical (unpaired) electrons. The molecule has 1 aliphatic rings. The lowest BCUT2D eigenvalue weighted by Crippen LogP contribution is -2.46. The van der Waals surface area contributed by atoms with Gasteiger partial charge in [0.25, 0.3) is 0 Å². The van der Waals surface area contributed by atoms with Crippen molar-refractivity contribution in [3.63, 3.8) is 0 Å². The zero-order valence-corrected chi connectivity index (χ0v) is 22.3. The Morgan fingerprint density at radius 1 is 1.02 bits per heavy atom. The molecule has 0 unspecified atom stereocenters. The maximum absolute atomic E-state index is 13.8. The summed E-state index contributed by atoms with van der Waals surface area (Å²) < 4.78 is 32.3. The number of benzene rings is 3. The van der Waals surface area contributed by atoms with Crippen LogP contribution in [-0.4, -0.2) is 66.1 Å². The summed E-state index contributed by atoms with van der Waals surface area (Å²) in [6.45, 7) is 2.49. The predicted molar refractivity (Wildman–Crippen MR) is 149 cm³/mol. The molecule has 0 saturated carbocycles. The highest BCUT2D eigenvalue weighted by Crippen LogP contribution is 2.18. The smallest absolute Gasteiger partial charge is 0.317 e. The molecule has 0 aromatic heterocycles. The molecule has 2 amide bonds. The van der Waals surface area contributed by atoms with Gasteiger partial charge in [-0.2, -0.15) is 0 Å². The van der Waals surface area contributed by atoms with Gasteiger partial charge >= 0.3 is 6.03 Å². The molecule has 10 heteroatoms. The molecule has 4 rings (SSSR count). The number of carbonyl (C=O) groups excluding carboxylic acids is 1. The lowest BCUT2D eigenvalue weighted by molar-refractivity contribution is 0.106. The molecule has 40 heavy (non-hydrogen) atoms. The second kappa shape index (κ2) is 14.5. The van der Waals surface area contributed by atoms with Crippen LogP contribution in [0.5, 0.6) is 11.5 Å². The zero-order chi connectivity index (χ0) is 28.3. The van der Waals surface area contributed by atoms with Crippen LogP contribution in [0.2, 0.25) is 0 Å². The Morgan fingerprint density at radius 2 is 1.75 bits per heavy atom. The highest BCUT2D eigenvalue weighted by molar-refractivity contribution is 5.74. The third kappa shape index (κ3) is 9.10. The number of phenols is 1. The van der Waals surface area contributed by atoms with Crippen molar-refractivity contribution in [2.24, 2.45) is 0 Å². The molecular weight excluding hydrogens is 518 g/mol. The van der Waals surface area contributed by atoms with Gasteiger partial charge in [0.15, 0.2) is 0 Å². The molecule has 1 aliphatic heterocycles. The Kier molecular flexibility index (Phi) is 10.5. The maximum Gasteiger partial charge on any atom is 0.317 e. The number of aliphatic hydroxyl groups is 1. The number of rotatable bonds is 12. The quantitative estimate of drug-likeness (QED) is 0.217. The van der Waals surface area contributed by atoms with Crippen molar-refractivity contribution >= 4 is 11.7 Å². The van der Waals surface area contributed by atoms with Gasteiger partial charge in [-0.05, 0) is 73.8 Å². The third-order valence-electron chi connectivity index (χ3n) is 6.80. The lowest BCUT2D eigenvalue weighted by Gasteiger charge is -2.33. The number of anilines is 1. The van der Waals surface area contributed by atoms with Crippen molar-refractivity contribution in [2.75, 3.05) is 38.1 Å². The first-order valence-electron chi connectivity index (χ1n) is 13.5. The molecule has 0 aliphatic carbocycles. The second-order valence-electron chi connectivity index (χ2n) is 9.91. The normalized spacial score (nSPS) is 14.5. The summed E-state index contributed by atoms with van der Waals surface area (Å²) in [4.78, 5) is 14.2. The topological polar surface area (TPSA) is 106 Å². The summed E-state index contributed by atoms with van der Waals surface area (Å²) in [5.74, 6) is -0.548. The first kappa shape index (κ1) is 29.1. The fourth-order valence-electron chi connectivity index (χ4n) is 4.47. The number of aromatic hydroxyl groups is 1. The van der Waals surface area contributed by atoms with E-state index >= 15 is 0 Å². The molecule has 3 aromatic carbocycles. The molecular formula is C30H36F2N4O4. The summed E-state index contributed by atoms with van der Waals surface area (Å²) in [7, 11) is 0. The minimum Gasteiger partial charge on any atom is -0.508 e. The Hall–Kier alpha value is -3.89. The van der Waals surface area contributed by atoms with Crippen molar-refractivity contribution in [1.82, 2.24) is 15.5 Å². The highest BCUT2D eigenvalue weighted by Gasteiger charge is 2.22. The van der Waals surface area contributed by atoms with Gasteiger partial charge < -0.3 is 35.8 Å². The number of piperidine rings is 1. The number of amides is 2. The Bertz CT molecular complexity index is 1220. The van der Waals surface area contributed by atoms with Crippen LogP contribution in [-0.2, 0) is 13.0 Å². The van der Waals surface area contributed by atoms with Crippen LogP contribution in [0, 0.1) is 11.6 Å². The minimum absolute atomic E-state index is 0.0149. The molecule has 8 nitrogen and oxygen atoms in total. The summed E-state index contributed by atoms with van der Waals surface area (Å²) in [5, 5.41) is 28.9. The van der Waals surface area contributed by atoms with E-state index in [2.05, 4.69) is 28.1 Å². The van der Waals surface area contributed by atoms with Gasteiger partial charge in [0.05, 0.1) is 0 Å². The molecule has 1 heterocycles. The van der Waals surface area contributed by atoms with Crippen molar-refractivity contribution < 1.29 is 28.5 Å². The minimum atomic E-state index is -0.669. The van der Waals surface area contributed by atoms with Gasteiger partial charge in [-0.3, -0.25) is 0 Å². The Morgan fingerprint density at radius 3 is 2.45 bits per heavy atom. The Balaban J connectivity index is 1.09. The number of nitrogens with zero attached hydrogens (tertiary/aromatic N) is 1.